The van der Waals surface area contributed by atoms with Crippen LogP contribution in [0.4, 0.5) is 0 Å². The number of thioether (sulfide) groups is 1. The summed E-state index contributed by atoms with van der Waals surface area (Å²) in [6, 6.07) is 5.71. The van der Waals surface area contributed by atoms with Crippen molar-refractivity contribution in [2.24, 2.45) is 0 Å². The first kappa shape index (κ1) is 19.1. The maximum Gasteiger partial charge on any atom is 0.352 e. The van der Waals surface area contributed by atoms with Gasteiger partial charge in [-0.05, 0) is 24.6 Å². The number of aryl methyl sites for hydroxylation is 1. The lowest BCUT2D eigenvalue weighted by atomic mass is 10.0. The van der Waals surface area contributed by atoms with Crippen LogP contribution in [0.1, 0.15) is 5.56 Å². The van der Waals surface area contributed by atoms with E-state index in [0.29, 0.717) is 29.1 Å². The Hall–Kier alpha value is -3.27. The number of carbonyl (C=O) groups is 3. The summed E-state index contributed by atoms with van der Waals surface area (Å²) >= 11 is 1.36. The van der Waals surface area contributed by atoms with Crippen LogP contribution in [0, 0.1) is 6.92 Å². The summed E-state index contributed by atoms with van der Waals surface area (Å²) in [6.07, 6.45) is 0.434. The van der Waals surface area contributed by atoms with E-state index in [2.05, 4.69) is 5.32 Å². The Morgan fingerprint density at radius 3 is 2.93 bits per heavy atom. The Morgan fingerprint density at radius 1 is 1.41 bits per heavy atom. The third-order valence-corrected chi connectivity index (χ3v) is 6.17. The quantitative estimate of drug-likeness (QED) is 0.403. The predicted molar refractivity (Wildman–Crippen MR) is 103 cm³/mol. The van der Waals surface area contributed by atoms with E-state index in [0.717, 1.165) is 10.9 Å². The molecule has 4 rings (SSSR count). The van der Waals surface area contributed by atoms with Crippen molar-refractivity contribution in [1.82, 2.24) is 10.2 Å². The Bertz CT molecular complexity index is 1120. The van der Waals surface area contributed by atoms with Crippen LogP contribution in [0.5, 0.6) is 5.75 Å². The van der Waals surface area contributed by atoms with Crippen LogP contribution in [0.15, 0.2) is 44.7 Å². The summed E-state index contributed by atoms with van der Waals surface area (Å²) in [5, 5.41) is 12.4. The fourth-order valence-corrected chi connectivity index (χ4v) is 4.79. The average molecular weight is 416 g/mol. The molecule has 1 fully saturated rings. The van der Waals surface area contributed by atoms with E-state index >= 15 is 0 Å². The van der Waals surface area contributed by atoms with Crippen LogP contribution in [-0.4, -0.2) is 52.1 Å². The molecule has 10 heteroatoms. The molecule has 0 radical (unpaired) electrons. The lowest BCUT2D eigenvalue weighted by Gasteiger charge is -2.49. The smallest absolute Gasteiger partial charge is 0.352 e. The molecule has 3 heterocycles. The van der Waals surface area contributed by atoms with E-state index in [9.17, 15) is 24.3 Å². The molecule has 2 aliphatic rings. The van der Waals surface area contributed by atoms with Crippen molar-refractivity contribution in [2.75, 3.05) is 12.4 Å². The number of ether oxygens (including phenoxy) is 1. The molecule has 0 spiro atoms. The molecule has 29 heavy (non-hydrogen) atoms. The van der Waals surface area contributed by atoms with Gasteiger partial charge < -0.3 is 19.6 Å². The Kier molecular flexibility index (Phi) is 4.79. The van der Waals surface area contributed by atoms with Crippen LogP contribution in [-0.2, 0) is 14.4 Å². The number of hydrogen-bond acceptors (Lipinski definition) is 7. The molecule has 1 aromatic carbocycles. The van der Waals surface area contributed by atoms with Gasteiger partial charge in [-0.1, -0.05) is 0 Å². The van der Waals surface area contributed by atoms with Crippen molar-refractivity contribution in [3.8, 4) is 5.75 Å². The Labute approximate surface area is 168 Å². The van der Waals surface area contributed by atoms with Gasteiger partial charge in [-0.25, -0.2) is 9.59 Å². The number of aliphatic carboxylic acids is 1. The number of nitrogens with zero attached hydrogens (tertiary/aromatic N) is 1. The molecule has 2 unspecified atom stereocenters. The molecule has 150 valence electrons. The zero-order valence-electron chi connectivity index (χ0n) is 15.2. The highest BCUT2D eigenvalue weighted by atomic mass is 32.2. The van der Waals surface area contributed by atoms with Gasteiger partial charge in [0.25, 0.3) is 5.91 Å². The van der Waals surface area contributed by atoms with Crippen LogP contribution in [0.2, 0.25) is 0 Å². The highest BCUT2D eigenvalue weighted by Crippen LogP contribution is 2.40. The second-order valence-electron chi connectivity index (χ2n) is 6.62. The molecule has 9 nitrogen and oxygen atoms in total. The van der Waals surface area contributed by atoms with E-state index in [1.807, 2.05) is 0 Å². The third-order valence-electron chi connectivity index (χ3n) is 4.83. The minimum Gasteiger partial charge on any atom is -0.489 e. The van der Waals surface area contributed by atoms with Crippen molar-refractivity contribution >= 4 is 41.0 Å². The van der Waals surface area contributed by atoms with Crippen molar-refractivity contribution in [2.45, 2.75) is 18.3 Å². The minimum absolute atomic E-state index is 0.0432. The number of carboxylic acids is 1. The number of β-lactam (4-membered cyclic amide) rings is 1. The van der Waals surface area contributed by atoms with E-state index in [1.165, 1.54) is 22.7 Å². The van der Waals surface area contributed by atoms with Gasteiger partial charge in [0, 0.05) is 28.8 Å². The summed E-state index contributed by atoms with van der Waals surface area (Å²) in [6.45, 7) is 1.76. The van der Waals surface area contributed by atoms with Crippen molar-refractivity contribution in [3.05, 3.63) is 51.5 Å². The molecule has 1 aromatic heterocycles. The number of benzene rings is 1. The zero-order valence-corrected chi connectivity index (χ0v) is 16.0. The second kappa shape index (κ2) is 7.28. The fraction of sp³-hybridized carbons (Fsp3) is 0.263. The number of amides is 2. The van der Waals surface area contributed by atoms with Gasteiger partial charge in [-0.3, -0.25) is 14.5 Å². The average Bonchev–Trinajstić information content (AvgIpc) is 2.69. The summed E-state index contributed by atoms with van der Waals surface area (Å²) in [5.41, 5.74) is 1.02. The molecule has 2 amide bonds. The predicted octanol–water partition coefficient (Wildman–Crippen LogP) is 0.849. The molecule has 0 aliphatic carbocycles. The number of nitrogens with one attached hydrogen (secondary N) is 1. The first-order valence-corrected chi connectivity index (χ1v) is 9.72. The molecule has 0 saturated carbocycles. The zero-order chi connectivity index (χ0) is 20.7. The van der Waals surface area contributed by atoms with Crippen LogP contribution in [0.3, 0.4) is 0 Å². The minimum atomic E-state index is -1.23. The van der Waals surface area contributed by atoms with Crippen molar-refractivity contribution < 1.29 is 28.6 Å². The van der Waals surface area contributed by atoms with Gasteiger partial charge in [0.15, 0.2) is 0 Å². The SMILES string of the molecule is Cc1cc(=O)oc2cc(OCC3=C(C(=O)O)N4C(=O)C(NC=O)C4SC3)ccc12. The number of rotatable bonds is 6. The summed E-state index contributed by atoms with van der Waals surface area (Å²) in [5.74, 6) is -0.945. The monoisotopic (exact) mass is 416 g/mol. The third kappa shape index (κ3) is 3.25. The molecule has 2 atom stereocenters. The molecule has 1 saturated heterocycles. The molecular formula is C19H16N2O7S. The maximum atomic E-state index is 12.2. The summed E-state index contributed by atoms with van der Waals surface area (Å²) in [4.78, 5) is 47.4. The molecule has 2 aromatic rings. The van der Waals surface area contributed by atoms with Crippen LogP contribution >= 0.6 is 11.8 Å². The van der Waals surface area contributed by atoms with E-state index in [4.69, 9.17) is 9.15 Å². The van der Waals surface area contributed by atoms with Gasteiger partial charge >= 0.3 is 11.6 Å². The highest BCUT2D eigenvalue weighted by Gasteiger charge is 2.53. The fourth-order valence-electron chi connectivity index (χ4n) is 3.45. The van der Waals surface area contributed by atoms with Crippen molar-refractivity contribution in [1.29, 1.82) is 0 Å². The number of hydrogen-bond donors (Lipinski definition) is 2. The van der Waals surface area contributed by atoms with Gasteiger partial charge in [0.1, 0.15) is 35.1 Å². The van der Waals surface area contributed by atoms with Gasteiger partial charge in [0.2, 0.25) is 6.41 Å². The number of carbonyl (C=O) groups excluding carboxylic acids is 2. The lowest BCUT2D eigenvalue weighted by molar-refractivity contribution is -0.149. The number of fused-ring (bicyclic) bond motifs is 2. The maximum absolute atomic E-state index is 12.2. The summed E-state index contributed by atoms with van der Waals surface area (Å²) < 4.78 is 10.9. The van der Waals surface area contributed by atoms with E-state index in [1.54, 1.807) is 25.1 Å². The molecule has 2 N–H and O–H groups in total. The first-order valence-electron chi connectivity index (χ1n) is 8.67. The molecular weight excluding hydrogens is 400 g/mol. The second-order valence-corrected chi connectivity index (χ2v) is 7.73. The summed E-state index contributed by atoms with van der Waals surface area (Å²) in [7, 11) is 0. The lowest BCUT2D eigenvalue weighted by Crippen LogP contribution is -2.69. The standard InChI is InChI=1S/C19H16N2O7S/c1-9-4-14(23)28-13-5-11(2-3-12(9)13)27-6-10-7-29-18-15(20-8-22)17(24)21(18)16(10)19(25)26/h2-5,8,15,18H,6-7H2,1H3,(H,20,22)(H,25,26). The highest BCUT2D eigenvalue weighted by molar-refractivity contribution is 8.00. The Balaban J connectivity index is 1.58. The van der Waals surface area contributed by atoms with Crippen LogP contribution in [0.25, 0.3) is 11.0 Å². The molecule has 2 aliphatic heterocycles. The molecule has 0 bridgehead atoms. The van der Waals surface area contributed by atoms with Crippen LogP contribution < -0.4 is 15.7 Å². The van der Waals surface area contributed by atoms with E-state index < -0.39 is 28.9 Å². The number of carboxylic acid groups (broad SMARTS) is 1. The van der Waals surface area contributed by atoms with Gasteiger partial charge in [-0.2, -0.15) is 0 Å². The van der Waals surface area contributed by atoms with E-state index in [-0.39, 0.29) is 12.3 Å². The first-order chi connectivity index (χ1) is 13.9. The normalized spacial score (nSPS) is 20.9. The van der Waals surface area contributed by atoms with Crippen molar-refractivity contribution in [3.63, 3.8) is 0 Å². The Morgan fingerprint density at radius 2 is 2.21 bits per heavy atom. The largest absolute Gasteiger partial charge is 0.489 e. The van der Waals surface area contributed by atoms with Gasteiger partial charge in [0.05, 0.1) is 0 Å². The topological polar surface area (TPSA) is 126 Å². The van der Waals surface area contributed by atoms with Gasteiger partial charge in [-0.15, -0.1) is 11.8 Å².